The number of benzene rings is 1. The van der Waals surface area contributed by atoms with Crippen molar-refractivity contribution in [2.24, 2.45) is 14.1 Å². The minimum absolute atomic E-state index is 0.0831. The summed E-state index contributed by atoms with van der Waals surface area (Å²) in [4.78, 5) is 50.6. The van der Waals surface area contributed by atoms with Crippen molar-refractivity contribution in [3.05, 3.63) is 56.4 Å². The molecular formula is C23H29N3O7. The van der Waals surface area contributed by atoms with E-state index in [1.54, 1.807) is 17.9 Å². The molecule has 1 aliphatic heterocycles. The Morgan fingerprint density at radius 1 is 0.939 bits per heavy atom. The van der Waals surface area contributed by atoms with E-state index in [1.165, 1.54) is 36.9 Å². The van der Waals surface area contributed by atoms with Gasteiger partial charge in [0, 0.05) is 33.3 Å². The van der Waals surface area contributed by atoms with Crippen LogP contribution in [0.3, 0.4) is 0 Å². The van der Waals surface area contributed by atoms with E-state index < -0.39 is 17.2 Å². The largest absolute Gasteiger partial charge is 0.490 e. The third kappa shape index (κ3) is 5.82. The maximum Gasteiger partial charge on any atom is 0.338 e. The first-order valence-electron chi connectivity index (χ1n) is 10.9. The summed E-state index contributed by atoms with van der Waals surface area (Å²) in [7, 11) is 2.87. The summed E-state index contributed by atoms with van der Waals surface area (Å²) in [6.45, 7) is 3.26. The van der Waals surface area contributed by atoms with Crippen LogP contribution in [0.4, 0.5) is 0 Å². The van der Waals surface area contributed by atoms with Gasteiger partial charge in [-0.25, -0.2) is 9.59 Å². The third-order valence-electron chi connectivity index (χ3n) is 5.52. The van der Waals surface area contributed by atoms with Crippen LogP contribution in [-0.4, -0.2) is 52.2 Å². The molecule has 178 valence electrons. The molecule has 1 saturated heterocycles. The number of carbonyl (C=O) groups is 2. The molecule has 10 nitrogen and oxygen atoms in total. The number of amides is 1. The van der Waals surface area contributed by atoms with Crippen LogP contribution in [0.5, 0.6) is 11.5 Å². The Morgan fingerprint density at radius 2 is 1.67 bits per heavy atom. The zero-order valence-corrected chi connectivity index (χ0v) is 19.2. The van der Waals surface area contributed by atoms with Crippen LogP contribution in [0.1, 0.15) is 42.2 Å². The summed E-state index contributed by atoms with van der Waals surface area (Å²) >= 11 is 0. The lowest BCUT2D eigenvalue weighted by Crippen LogP contribution is -2.38. The molecule has 10 heteroatoms. The van der Waals surface area contributed by atoms with Crippen molar-refractivity contribution in [1.82, 2.24) is 14.0 Å². The highest BCUT2D eigenvalue weighted by atomic mass is 16.5. The highest BCUT2D eigenvalue weighted by molar-refractivity contribution is 5.90. The Kier molecular flexibility index (Phi) is 7.92. The van der Waals surface area contributed by atoms with Gasteiger partial charge in [0.2, 0.25) is 0 Å². The summed E-state index contributed by atoms with van der Waals surface area (Å²) in [5, 5.41) is 0. The van der Waals surface area contributed by atoms with E-state index in [0.29, 0.717) is 18.1 Å². The van der Waals surface area contributed by atoms with Gasteiger partial charge in [-0.15, -0.1) is 0 Å². The Balaban J connectivity index is 1.67. The first-order chi connectivity index (χ1) is 15.8. The zero-order valence-electron chi connectivity index (χ0n) is 19.2. The topological polar surface area (TPSA) is 109 Å². The molecule has 0 spiro atoms. The summed E-state index contributed by atoms with van der Waals surface area (Å²) in [6.07, 6.45) is 3.13. The predicted molar refractivity (Wildman–Crippen MR) is 120 cm³/mol. The van der Waals surface area contributed by atoms with Gasteiger partial charge in [-0.05, 0) is 44.4 Å². The Hall–Kier alpha value is -3.56. The first kappa shape index (κ1) is 24.1. The minimum atomic E-state index is -0.653. The lowest BCUT2D eigenvalue weighted by atomic mass is 10.1. The van der Waals surface area contributed by atoms with Gasteiger partial charge < -0.3 is 19.1 Å². The standard InChI is InChI=1S/C23H29N3O7/c1-4-31-19-12-16(8-9-18(19)32-15-21(28)26-10-6-5-7-11-26)22(29)33-14-17-13-20(27)25(3)23(30)24(17)2/h8-9,12-13H,4-7,10-11,14-15H2,1-3H3. The Labute approximate surface area is 191 Å². The number of aromatic nitrogens is 2. The van der Waals surface area contributed by atoms with Gasteiger partial charge in [0.1, 0.15) is 6.61 Å². The lowest BCUT2D eigenvalue weighted by molar-refractivity contribution is -0.134. The van der Waals surface area contributed by atoms with Crippen molar-refractivity contribution < 1.29 is 23.8 Å². The molecule has 0 atom stereocenters. The molecule has 0 aliphatic carbocycles. The molecule has 1 aromatic carbocycles. The molecule has 0 N–H and O–H groups in total. The number of ether oxygens (including phenoxy) is 3. The van der Waals surface area contributed by atoms with E-state index >= 15 is 0 Å². The minimum Gasteiger partial charge on any atom is -0.490 e. The second kappa shape index (κ2) is 10.8. The van der Waals surface area contributed by atoms with Crippen LogP contribution in [0.15, 0.2) is 33.9 Å². The van der Waals surface area contributed by atoms with Gasteiger partial charge in [-0.2, -0.15) is 0 Å². The molecule has 1 aromatic heterocycles. The summed E-state index contributed by atoms with van der Waals surface area (Å²) in [5.41, 5.74) is -0.504. The molecule has 0 radical (unpaired) electrons. The van der Waals surface area contributed by atoms with Crippen LogP contribution >= 0.6 is 0 Å². The van der Waals surface area contributed by atoms with Crippen LogP contribution in [0, 0.1) is 0 Å². The van der Waals surface area contributed by atoms with Crippen molar-refractivity contribution in [2.45, 2.75) is 32.8 Å². The maximum atomic E-state index is 12.6. The van der Waals surface area contributed by atoms with E-state index in [2.05, 4.69) is 0 Å². The molecule has 0 saturated carbocycles. The average molecular weight is 459 g/mol. The number of esters is 1. The highest BCUT2D eigenvalue weighted by Crippen LogP contribution is 2.29. The van der Waals surface area contributed by atoms with Crippen LogP contribution in [0.25, 0.3) is 0 Å². The first-order valence-corrected chi connectivity index (χ1v) is 10.9. The van der Waals surface area contributed by atoms with Crippen molar-refractivity contribution in [1.29, 1.82) is 0 Å². The molecule has 2 heterocycles. The molecule has 0 unspecified atom stereocenters. The second-order valence-corrected chi connectivity index (χ2v) is 7.78. The van der Waals surface area contributed by atoms with Crippen molar-refractivity contribution in [2.75, 3.05) is 26.3 Å². The van der Waals surface area contributed by atoms with E-state index in [1.807, 2.05) is 0 Å². The second-order valence-electron chi connectivity index (χ2n) is 7.78. The third-order valence-corrected chi connectivity index (χ3v) is 5.52. The number of rotatable bonds is 8. The molecule has 1 fully saturated rings. The Bertz CT molecular complexity index is 1130. The molecular weight excluding hydrogens is 430 g/mol. The van der Waals surface area contributed by atoms with Gasteiger partial charge in [0.05, 0.1) is 17.9 Å². The molecule has 1 aliphatic rings. The monoisotopic (exact) mass is 459 g/mol. The van der Waals surface area contributed by atoms with E-state index in [-0.39, 0.29) is 30.4 Å². The summed E-state index contributed by atoms with van der Waals surface area (Å²) in [5.74, 6) is -0.0626. The normalized spacial score (nSPS) is 13.5. The lowest BCUT2D eigenvalue weighted by Gasteiger charge is -2.26. The highest BCUT2D eigenvalue weighted by Gasteiger charge is 2.19. The maximum absolute atomic E-state index is 12.6. The van der Waals surface area contributed by atoms with Gasteiger partial charge in [0.15, 0.2) is 18.1 Å². The van der Waals surface area contributed by atoms with Crippen molar-refractivity contribution in [3.8, 4) is 11.5 Å². The number of hydrogen-bond donors (Lipinski definition) is 0. The molecule has 3 rings (SSSR count). The SMILES string of the molecule is CCOc1cc(C(=O)OCc2cc(=O)n(C)c(=O)n2C)ccc1OCC(=O)N1CCCCC1. The number of carbonyl (C=O) groups excluding carboxylic acids is 2. The van der Waals surface area contributed by atoms with E-state index in [0.717, 1.165) is 36.9 Å². The van der Waals surface area contributed by atoms with E-state index in [9.17, 15) is 19.2 Å². The van der Waals surface area contributed by atoms with Crippen LogP contribution in [-0.2, 0) is 30.2 Å². The quantitative estimate of drug-likeness (QED) is 0.546. The predicted octanol–water partition coefficient (Wildman–Crippen LogP) is 1.23. The molecule has 2 aromatic rings. The molecule has 1 amide bonds. The Morgan fingerprint density at radius 3 is 2.36 bits per heavy atom. The fourth-order valence-electron chi connectivity index (χ4n) is 3.54. The smallest absolute Gasteiger partial charge is 0.338 e. The number of hydrogen-bond acceptors (Lipinski definition) is 7. The van der Waals surface area contributed by atoms with Gasteiger partial charge in [-0.1, -0.05) is 0 Å². The van der Waals surface area contributed by atoms with Gasteiger partial charge in [-0.3, -0.25) is 18.7 Å². The van der Waals surface area contributed by atoms with Crippen LogP contribution in [0.2, 0.25) is 0 Å². The fourth-order valence-corrected chi connectivity index (χ4v) is 3.54. The van der Waals surface area contributed by atoms with Crippen molar-refractivity contribution >= 4 is 11.9 Å². The van der Waals surface area contributed by atoms with E-state index in [4.69, 9.17) is 14.2 Å². The summed E-state index contributed by atoms with van der Waals surface area (Å²) in [6, 6.07) is 5.79. The van der Waals surface area contributed by atoms with Crippen molar-refractivity contribution in [3.63, 3.8) is 0 Å². The summed E-state index contributed by atoms with van der Waals surface area (Å²) < 4.78 is 18.8. The molecule has 33 heavy (non-hydrogen) atoms. The van der Waals surface area contributed by atoms with Gasteiger partial charge >= 0.3 is 11.7 Å². The average Bonchev–Trinajstić information content (AvgIpc) is 2.83. The van der Waals surface area contributed by atoms with Gasteiger partial charge in [0.25, 0.3) is 11.5 Å². The zero-order chi connectivity index (χ0) is 24.0. The van der Waals surface area contributed by atoms with Crippen LogP contribution < -0.4 is 20.7 Å². The number of piperidine rings is 1. The molecule has 0 bridgehead atoms. The number of likely N-dealkylation sites (tertiary alicyclic amines) is 1. The number of nitrogens with zero attached hydrogens (tertiary/aromatic N) is 3. The fraction of sp³-hybridized carbons (Fsp3) is 0.478.